The van der Waals surface area contributed by atoms with Crippen LogP contribution in [-0.4, -0.2) is 21.5 Å². The van der Waals surface area contributed by atoms with Crippen molar-refractivity contribution in [2.75, 3.05) is 0 Å². The Labute approximate surface area is 244 Å². The van der Waals surface area contributed by atoms with E-state index in [0.717, 1.165) is 34.7 Å². The first-order valence-corrected chi connectivity index (χ1v) is 15.5. The first-order valence-electron chi connectivity index (χ1n) is 13.5. The molecule has 0 aromatic heterocycles. The fraction of sp³-hybridized carbons (Fsp3) is 0.357. The monoisotopic (exact) mass is 616 g/mol. The zero-order chi connectivity index (χ0) is 30.5. The quantitative estimate of drug-likeness (QED) is 0.169. The zero-order valence-electron chi connectivity index (χ0n) is 22.8. The third kappa shape index (κ3) is 5.88. The molecule has 224 valence electrons. The van der Waals surface area contributed by atoms with Crippen LogP contribution in [0.5, 0.6) is 0 Å². The van der Waals surface area contributed by atoms with Crippen molar-refractivity contribution < 1.29 is 26.3 Å². The minimum Gasteiger partial charge on any atom is -0.324 e. The van der Waals surface area contributed by atoms with E-state index in [1.54, 1.807) is 24.3 Å². The summed E-state index contributed by atoms with van der Waals surface area (Å²) in [5, 5.41) is 21.1. The second-order valence-electron chi connectivity index (χ2n) is 10.9. The summed E-state index contributed by atoms with van der Waals surface area (Å²) in [5.74, 6) is 0. The summed E-state index contributed by atoms with van der Waals surface area (Å²) in [6.07, 6.45) is -8.39. The molecule has 0 aliphatic carbocycles. The van der Waals surface area contributed by atoms with Gasteiger partial charge in [-0.1, -0.05) is 72.8 Å². The molecule has 0 atom stereocenters. The molecule has 8 nitrogen and oxygen atoms in total. The second kappa shape index (κ2) is 10.4. The number of rotatable bonds is 12. The van der Waals surface area contributed by atoms with Gasteiger partial charge in [0.05, 0.1) is 0 Å². The average molecular weight is 617 g/mol. The molecule has 3 aromatic carbocycles. The molecular weight excluding hydrogens is 590 g/mol. The molecule has 3 aliphatic rings. The molecule has 0 fully saturated rings. The van der Waals surface area contributed by atoms with Crippen molar-refractivity contribution in [2.45, 2.75) is 61.8 Å². The number of aryl methyl sites for hydroxylation is 1. The minimum atomic E-state index is -4.58. The van der Waals surface area contributed by atoms with Crippen molar-refractivity contribution in [3.63, 3.8) is 0 Å². The Hall–Kier alpha value is -3.82. The highest BCUT2D eigenvalue weighted by atomic mass is 28.3. The third-order valence-electron chi connectivity index (χ3n) is 7.83. The molecule has 3 heterocycles. The maximum absolute atomic E-state index is 13.3. The largest absolute Gasteiger partial charge is 0.442 e. The Morgan fingerprint density at radius 3 is 1.28 bits per heavy atom. The average Bonchev–Trinajstić information content (AvgIpc) is 3.84. The lowest BCUT2D eigenvalue weighted by atomic mass is 10.0. The van der Waals surface area contributed by atoms with E-state index in [2.05, 4.69) is 40.7 Å². The topological polar surface area (TPSA) is 98.2 Å². The van der Waals surface area contributed by atoms with Crippen LogP contribution in [-0.2, 0) is 36.5 Å². The zero-order valence-corrected chi connectivity index (χ0v) is 23.9. The molecule has 3 aliphatic heterocycles. The highest BCUT2D eigenvalue weighted by Gasteiger charge is 2.65. The van der Waals surface area contributed by atoms with Crippen molar-refractivity contribution in [1.82, 2.24) is 9.96 Å². The molecule has 0 saturated heterocycles. The molecule has 0 bridgehead atoms. The van der Waals surface area contributed by atoms with Crippen molar-refractivity contribution in [1.29, 1.82) is 0 Å². The number of nitrogens with one attached hydrogen (secondary N) is 2. The van der Waals surface area contributed by atoms with Crippen molar-refractivity contribution in [2.24, 2.45) is 30.7 Å². The minimum absolute atomic E-state index is 0.0256. The van der Waals surface area contributed by atoms with E-state index < -0.39 is 38.5 Å². The lowest BCUT2D eigenvalue weighted by Crippen LogP contribution is -2.46. The van der Waals surface area contributed by atoms with Gasteiger partial charge in [0.25, 0.3) is 0 Å². The lowest BCUT2D eigenvalue weighted by molar-refractivity contribution is -0.166. The number of alkyl halides is 6. The molecular formula is C28H26F6N8Si. The van der Waals surface area contributed by atoms with Gasteiger partial charge in [0.2, 0.25) is 5.66 Å². The predicted octanol–water partition coefficient (Wildman–Crippen LogP) is 7.03. The van der Waals surface area contributed by atoms with Crippen LogP contribution < -0.4 is 9.96 Å². The number of benzene rings is 3. The molecule has 0 spiro atoms. The Balaban J connectivity index is 1.09. The normalized spacial score (nSPS) is 18.7. The number of hydrogen-bond donors (Lipinski definition) is 2. The fourth-order valence-corrected chi connectivity index (χ4v) is 6.98. The van der Waals surface area contributed by atoms with E-state index in [0.29, 0.717) is 13.1 Å². The molecule has 0 amide bonds. The Morgan fingerprint density at radius 1 is 0.558 bits per heavy atom. The third-order valence-corrected chi connectivity index (χ3v) is 10.1. The lowest BCUT2D eigenvalue weighted by Gasteiger charge is -2.20. The summed E-state index contributed by atoms with van der Waals surface area (Å²) in [6.45, 7) is 2.79. The summed E-state index contributed by atoms with van der Waals surface area (Å²) >= 11 is 0. The van der Waals surface area contributed by atoms with Crippen molar-refractivity contribution >= 4 is 9.12 Å². The van der Waals surface area contributed by atoms with E-state index >= 15 is 0 Å². The molecule has 0 unspecified atom stereocenters. The second-order valence-corrected chi connectivity index (χ2v) is 13.4. The molecule has 15 heteroatoms. The van der Waals surface area contributed by atoms with Crippen LogP contribution in [0, 0.1) is 0 Å². The van der Waals surface area contributed by atoms with E-state index in [9.17, 15) is 26.3 Å². The van der Waals surface area contributed by atoms with Crippen LogP contribution in [0.25, 0.3) is 0 Å². The van der Waals surface area contributed by atoms with Gasteiger partial charge >= 0.3 is 23.7 Å². The number of nitrogens with zero attached hydrogens (tertiary/aromatic N) is 6. The summed E-state index contributed by atoms with van der Waals surface area (Å²) in [7, 11) is -1.87. The van der Waals surface area contributed by atoms with Gasteiger partial charge in [-0.15, -0.1) is 20.5 Å². The van der Waals surface area contributed by atoms with Crippen molar-refractivity contribution in [3.05, 3.63) is 106 Å². The Kier molecular flexibility index (Phi) is 7.09. The SMILES string of the molecule is CC1(c2ccc(CC[SiH](NCc3ccc(C4(C(F)(F)F)N=N4)cc3)NCc3ccc(C4(C(F)(F)F)N=N4)cc3)cc2)N=N1. The first kappa shape index (κ1) is 29.3. The van der Waals surface area contributed by atoms with E-state index in [4.69, 9.17) is 0 Å². The van der Waals surface area contributed by atoms with E-state index in [1.807, 2.05) is 31.2 Å². The van der Waals surface area contributed by atoms with Crippen LogP contribution in [0.15, 0.2) is 103 Å². The number of hydrogen-bond acceptors (Lipinski definition) is 8. The maximum Gasteiger partial charge on any atom is 0.442 e. The summed E-state index contributed by atoms with van der Waals surface area (Å²) in [4.78, 5) is 7.08. The maximum atomic E-state index is 13.3. The molecule has 0 saturated carbocycles. The fourth-order valence-electron chi connectivity index (χ4n) is 4.84. The highest BCUT2D eigenvalue weighted by molar-refractivity contribution is 6.53. The highest BCUT2D eigenvalue weighted by Crippen LogP contribution is 2.53. The van der Waals surface area contributed by atoms with E-state index in [1.165, 1.54) is 24.3 Å². The standard InChI is InChI=1S/C28H26F6N8Si/c1-24(37-38-24)21-8-2-18(3-9-21)14-15-43(35-16-19-4-10-22(11-5-19)25(39-40-25)27(29,30)31)36-17-20-6-12-23(13-7-20)26(41-42-26)28(32,33)34/h2-13,35-36,43H,14-17H2,1H3. The van der Waals surface area contributed by atoms with Gasteiger partial charge in [0, 0.05) is 29.8 Å². The van der Waals surface area contributed by atoms with Gasteiger partial charge in [-0.25, -0.2) is 0 Å². The Morgan fingerprint density at radius 2 is 0.930 bits per heavy atom. The molecule has 6 rings (SSSR count). The summed E-state index contributed by atoms with van der Waals surface area (Å²) < 4.78 is 80.0. The van der Waals surface area contributed by atoms with E-state index in [-0.39, 0.29) is 11.1 Å². The molecule has 43 heavy (non-hydrogen) atoms. The van der Waals surface area contributed by atoms with Gasteiger partial charge in [-0.3, -0.25) is 0 Å². The summed E-state index contributed by atoms with van der Waals surface area (Å²) in [5.41, 5.74) is -1.66. The van der Waals surface area contributed by atoms with Crippen LogP contribution in [0.3, 0.4) is 0 Å². The van der Waals surface area contributed by atoms with Crippen molar-refractivity contribution in [3.8, 4) is 0 Å². The molecule has 3 aromatic rings. The summed E-state index contributed by atoms with van der Waals surface area (Å²) in [6, 6.07) is 21.0. The molecule has 0 radical (unpaired) electrons. The first-order chi connectivity index (χ1) is 20.3. The smallest absolute Gasteiger partial charge is 0.324 e. The van der Waals surface area contributed by atoms with Crippen LogP contribution in [0.4, 0.5) is 26.3 Å². The van der Waals surface area contributed by atoms with Gasteiger partial charge in [-0.2, -0.15) is 36.6 Å². The van der Waals surface area contributed by atoms with Gasteiger partial charge < -0.3 is 9.96 Å². The van der Waals surface area contributed by atoms with Crippen LogP contribution in [0.2, 0.25) is 6.04 Å². The predicted molar refractivity (Wildman–Crippen MR) is 146 cm³/mol. The van der Waals surface area contributed by atoms with Gasteiger partial charge in [0.15, 0.2) is 9.12 Å². The van der Waals surface area contributed by atoms with Crippen LogP contribution in [0.1, 0.15) is 40.3 Å². The number of halogens is 6. The van der Waals surface area contributed by atoms with Gasteiger partial charge in [0.1, 0.15) is 0 Å². The molecule has 2 N–H and O–H groups in total. The van der Waals surface area contributed by atoms with Gasteiger partial charge in [-0.05, 0) is 36.1 Å². The Bertz CT molecular complexity index is 1470. The van der Waals surface area contributed by atoms with Crippen LogP contribution >= 0.6 is 0 Å².